The van der Waals surface area contributed by atoms with E-state index in [1.165, 1.54) is 12.5 Å². The zero-order chi connectivity index (χ0) is 12.6. The predicted molar refractivity (Wildman–Crippen MR) is 68.0 cm³/mol. The molecule has 2 atom stereocenters. The molecule has 1 aliphatic rings. The first-order chi connectivity index (χ1) is 7.99. The van der Waals surface area contributed by atoms with Crippen LogP contribution in [-0.2, 0) is 0 Å². The van der Waals surface area contributed by atoms with Crippen LogP contribution < -0.4 is 10.6 Å². The Morgan fingerprint density at radius 2 is 2.24 bits per heavy atom. The smallest absolute Gasteiger partial charge is 0.292 e. The summed E-state index contributed by atoms with van der Waals surface area (Å²) in [6, 6.07) is 4.89. The molecule has 1 aromatic carbocycles. The molecule has 2 N–H and O–H groups in total. The predicted octanol–water partition coefficient (Wildman–Crippen LogP) is 2.27. The molecule has 1 aromatic rings. The van der Waals surface area contributed by atoms with Gasteiger partial charge in [-0.15, -0.1) is 0 Å². The van der Waals surface area contributed by atoms with Crippen molar-refractivity contribution in [2.45, 2.75) is 13.3 Å². The first-order valence-electron chi connectivity index (χ1n) is 5.74. The second kappa shape index (κ2) is 4.24. The third kappa shape index (κ3) is 2.49. The van der Waals surface area contributed by atoms with Gasteiger partial charge < -0.3 is 10.6 Å². The number of nitro benzene ring substituents is 1. The lowest BCUT2D eigenvalue weighted by Crippen LogP contribution is -2.20. The van der Waals surface area contributed by atoms with E-state index < -0.39 is 4.92 Å². The van der Waals surface area contributed by atoms with Crippen LogP contribution in [0.3, 0.4) is 0 Å². The second-order valence-electron chi connectivity index (χ2n) is 4.85. The maximum Gasteiger partial charge on any atom is 0.292 e. The number of nitrogen functional groups attached to an aromatic ring is 1. The van der Waals surface area contributed by atoms with Crippen molar-refractivity contribution < 1.29 is 4.92 Å². The second-order valence-corrected chi connectivity index (χ2v) is 4.85. The highest BCUT2D eigenvalue weighted by Crippen LogP contribution is 2.39. The molecule has 0 amide bonds. The normalized spacial score (nSPS) is 22.2. The highest BCUT2D eigenvalue weighted by atomic mass is 16.6. The third-order valence-electron chi connectivity index (χ3n) is 3.43. The molecule has 2 unspecified atom stereocenters. The van der Waals surface area contributed by atoms with Crippen molar-refractivity contribution >= 4 is 17.1 Å². The van der Waals surface area contributed by atoms with Crippen LogP contribution in [0.15, 0.2) is 18.2 Å². The number of hydrogen-bond donors (Lipinski definition) is 1. The number of nitro groups is 1. The Bertz CT molecular complexity index is 447. The van der Waals surface area contributed by atoms with Gasteiger partial charge in [0.25, 0.3) is 5.69 Å². The fourth-order valence-corrected chi connectivity index (χ4v) is 2.06. The lowest BCUT2D eigenvalue weighted by Gasteiger charge is -2.19. The van der Waals surface area contributed by atoms with Crippen molar-refractivity contribution in [2.24, 2.45) is 11.8 Å². The topological polar surface area (TPSA) is 72.4 Å². The maximum absolute atomic E-state index is 10.6. The molecule has 5 heteroatoms. The van der Waals surface area contributed by atoms with E-state index in [9.17, 15) is 10.1 Å². The number of anilines is 2. The van der Waals surface area contributed by atoms with E-state index in [-0.39, 0.29) is 11.4 Å². The van der Waals surface area contributed by atoms with Crippen molar-refractivity contribution in [3.05, 3.63) is 28.3 Å². The zero-order valence-electron chi connectivity index (χ0n) is 10.1. The van der Waals surface area contributed by atoms with E-state index in [1.54, 1.807) is 12.1 Å². The standard InChI is InChI=1S/C12H17N3O2/c1-8-5-9(8)7-14(2)10-3-4-12(15(16)17)11(13)6-10/h3-4,6,8-9H,5,7,13H2,1-2H3. The van der Waals surface area contributed by atoms with Crippen LogP contribution in [0.2, 0.25) is 0 Å². The van der Waals surface area contributed by atoms with Gasteiger partial charge in [-0.1, -0.05) is 6.92 Å². The molecule has 0 bridgehead atoms. The molecule has 0 saturated heterocycles. The van der Waals surface area contributed by atoms with Gasteiger partial charge in [0, 0.05) is 25.3 Å². The lowest BCUT2D eigenvalue weighted by atomic mass is 10.2. The number of nitrogens with two attached hydrogens (primary N) is 1. The largest absolute Gasteiger partial charge is 0.393 e. The molecule has 17 heavy (non-hydrogen) atoms. The minimum Gasteiger partial charge on any atom is -0.393 e. The van der Waals surface area contributed by atoms with Gasteiger partial charge in [-0.2, -0.15) is 0 Å². The molecule has 0 aromatic heterocycles. The van der Waals surface area contributed by atoms with Gasteiger partial charge in [-0.25, -0.2) is 0 Å². The van der Waals surface area contributed by atoms with Crippen LogP contribution in [-0.4, -0.2) is 18.5 Å². The lowest BCUT2D eigenvalue weighted by molar-refractivity contribution is -0.383. The molecule has 2 rings (SSSR count). The van der Waals surface area contributed by atoms with Crippen molar-refractivity contribution in [2.75, 3.05) is 24.2 Å². The Morgan fingerprint density at radius 1 is 1.59 bits per heavy atom. The fourth-order valence-electron chi connectivity index (χ4n) is 2.06. The molecule has 0 heterocycles. The van der Waals surface area contributed by atoms with E-state index in [0.29, 0.717) is 0 Å². The average Bonchev–Trinajstić information content (AvgIpc) is 2.93. The van der Waals surface area contributed by atoms with Gasteiger partial charge in [-0.3, -0.25) is 10.1 Å². The number of benzene rings is 1. The molecular formula is C12H17N3O2. The van der Waals surface area contributed by atoms with Crippen LogP contribution in [0.4, 0.5) is 17.1 Å². The highest BCUT2D eigenvalue weighted by Gasteiger charge is 2.33. The van der Waals surface area contributed by atoms with Gasteiger partial charge in [0.15, 0.2) is 0 Å². The van der Waals surface area contributed by atoms with E-state index in [1.807, 2.05) is 7.05 Å². The molecular weight excluding hydrogens is 218 g/mol. The molecule has 0 aliphatic heterocycles. The molecule has 1 aliphatic carbocycles. The molecule has 5 nitrogen and oxygen atoms in total. The minimum atomic E-state index is -0.456. The van der Waals surface area contributed by atoms with Crippen LogP contribution in [0.25, 0.3) is 0 Å². The molecule has 0 spiro atoms. The van der Waals surface area contributed by atoms with Gasteiger partial charge >= 0.3 is 0 Å². The van der Waals surface area contributed by atoms with Gasteiger partial charge in [0.1, 0.15) is 5.69 Å². The van der Waals surface area contributed by atoms with E-state index in [2.05, 4.69) is 11.8 Å². The maximum atomic E-state index is 10.6. The summed E-state index contributed by atoms with van der Waals surface area (Å²) < 4.78 is 0. The molecule has 0 radical (unpaired) electrons. The monoisotopic (exact) mass is 235 g/mol. The Balaban J connectivity index is 2.10. The molecule has 92 valence electrons. The Labute approximate surface area is 100 Å². The highest BCUT2D eigenvalue weighted by molar-refractivity contribution is 5.66. The summed E-state index contributed by atoms with van der Waals surface area (Å²) in [5.41, 5.74) is 6.80. The summed E-state index contributed by atoms with van der Waals surface area (Å²) in [6.45, 7) is 3.22. The van der Waals surface area contributed by atoms with Crippen LogP contribution >= 0.6 is 0 Å². The van der Waals surface area contributed by atoms with Crippen molar-refractivity contribution in [3.8, 4) is 0 Å². The van der Waals surface area contributed by atoms with Gasteiger partial charge in [-0.05, 0) is 30.4 Å². The van der Waals surface area contributed by atoms with Crippen molar-refractivity contribution in [1.29, 1.82) is 0 Å². The Kier molecular flexibility index (Phi) is 2.92. The van der Waals surface area contributed by atoms with E-state index in [4.69, 9.17) is 5.73 Å². The van der Waals surface area contributed by atoms with Crippen LogP contribution in [0, 0.1) is 22.0 Å². The summed E-state index contributed by atoms with van der Waals surface area (Å²) in [5.74, 6) is 1.55. The quantitative estimate of drug-likeness (QED) is 0.493. The third-order valence-corrected chi connectivity index (χ3v) is 3.43. The number of rotatable bonds is 4. The Hall–Kier alpha value is -1.78. The zero-order valence-corrected chi connectivity index (χ0v) is 10.1. The van der Waals surface area contributed by atoms with Crippen LogP contribution in [0.1, 0.15) is 13.3 Å². The summed E-state index contributed by atoms with van der Waals surface area (Å²) in [6.07, 6.45) is 1.27. The summed E-state index contributed by atoms with van der Waals surface area (Å²) >= 11 is 0. The first kappa shape index (κ1) is 11.7. The summed E-state index contributed by atoms with van der Waals surface area (Å²) in [5, 5.41) is 10.6. The Morgan fingerprint density at radius 3 is 2.71 bits per heavy atom. The fraction of sp³-hybridized carbons (Fsp3) is 0.500. The van der Waals surface area contributed by atoms with E-state index in [0.717, 1.165) is 24.1 Å². The average molecular weight is 235 g/mol. The molecule has 1 saturated carbocycles. The van der Waals surface area contributed by atoms with Crippen LogP contribution in [0.5, 0.6) is 0 Å². The van der Waals surface area contributed by atoms with Gasteiger partial charge in [0.05, 0.1) is 4.92 Å². The summed E-state index contributed by atoms with van der Waals surface area (Å²) in [4.78, 5) is 12.3. The minimum absolute atomic E-state index is 0.0260. The van der Waals surface area contributed by atoms with Gasteiger partial charge in [0.2, 0.25) is 0 Å². The summed E-state index contributed by atoms with van der Waals surface area (Å²) in [7, 11) is 1.99. The van der Waals surface area contributed by atoms with Crippen molar-refractivity contribution in [3.63, 3.8) is 0 Å². The van der Waals surface area contributed by atoms with E-state index >= 15 is 0 Å². The van der Waals surface area contributed by atoms with Crippen molar-refractivity contribution in [1.82, 2.24) is 0 Å². The number of hydrogen-bond acceptors (Lipinski definition) is 4. The SMILES string of the molecule is CC1CC1CN(C)c1ccc([N+](=O)[O-])c(N)c1. The number of nitrogens with zero attached hydrogens (tertiary/aromatic N) is 2. The molecule has 1 fully saturated rings. The first-order valence-corrected chi connectivity index (χ1v) is 5.74.